The molecule has 110 valence electrons. The lowest BCUT2D eigenvalue weighted by atomic mass is 9.92. The maximum absolute atomic E-state index is 11.9. The Morgan fingerprint density at radius 3 is 2.42 bits per heavy atom. The van der Waals surface area contributed by atoms with Crippen LogP contribution in [-0.4, -0.2) is 69.7 Å². The molecule has 0 aromatic carbocycles. The predicted molar refractivity (Wildman–Crippen MR) is 67.3 cm³/mol. The molecule has 2 aliphatic heterocycles. The molecule has 2 saturated heterocycles. The molecule has 0 radical (unpaired) electrons. The number of nitrogens with zero attached hydrogens (tertiary/aromatic N) is 1. The van der Waals surface area contributed by atoms with Gasteiger partial charge in [0.05, 0.1) is 17.6 Å². The fourth-order valence-electron chi connectivity index (χ4n) is 2.70. The van der Waals surface area contributed by atoms with Crippen molar-refractivity contribution in [3.05, 3.63) is 0 Å². The predicted octanol–water partition coefficient (Wildman–Crippen LogP) is -0.885. The van der Waals surface area contributed by atoms with Gasteiger partial charge >= 0.3 is 5.97 Å². The SMILES string of the molecule is CC(C)(C)C(=O)O[C@H]1CN2CC[C@H](O)C2[C@@H](O)[C@@H]1O. The van der Waals surface area contributed by atoms with Gasteiger partial charge in [0.1, 0.15) is 18.3 Å². The number of rotatable bonds is 1. The van der Waals surface area contributed by atoms with Crippen LogP contribution < -0.4 is 0 Å². The number of ether oxygens (including phenoxy) is 1. The average Bonchev–Trinajstić information content (AvgIpc) is 2.66. The number of carbonyl (C=O) groups is 1. The fraction of sp³-hybridized carbons (Fsp3) is 0.923. The first-order valence-electron chi connectivity index (χ1n) is 6.71. The minimum Gasteiger partial charge on any atom is -0.458 e. The molecule has 2 aliphatic rings. The highest BCUT2D eigenvalue weighted by Crippen LogP contribution is 2.30. The zero-order valence-corrected chi connectivity index (χ0v) is 11.6. The second-order valence-corrected chi connectivity index (χ2v) is 6.52. The van der Waals surface area contributed by atoms with E-state index in [2.05, 4.69) is 0 Å². The maximum atomic E-state index is 11.9. The summed E-state index contributed by atoms with van der Waals surface area (Å²) in [6, 6.07) is -0.459. The average molecular weight is 273 g/mol. The fourth-order valence-corrected chi connectivity index (χ4v) is 2.70. The van der Waals surface area contributed by atoms with Gasteiger partial charge in [-0.05, 0) is 27.2 Å². The van der Waals surface area contributed by atoms with Crippen molar-refractivity contribution in [1.82, 2.24) is 4.90 Å². The summed E-state index contributed by atoms with van der Waals surface area (Å²) in [7, 11) is 0. The normalized spacial score (nSPS) is 40.0. The smallest absolute Gasteiger partial charge is 0.311 e. The van der Waals surface area contributed by atoms with Gasteiger partial charge in [0, 0.05) is 13.1 Å². The highest BCUT2D eigenvalue weighted by molar-refractivity contribution is 5.75. The van der Waals surface area contributed by atoms with Gasteiger partial charge < -0.3 is 20.1 Å². The number of carbonyl (C=O) groups excluding carboxylic acids is 1. The molecule has 0 amide bonds. The van der Waals surface area contributed by atoms with E-state index in [0.29, 0.717) is 19.5 Å². The van der Waals surface area contributed by atoms with E-state index in [4.69, 9.17) is 4.74 Å². The first-order chi connectivity index (χ1) is 8.71. The Morgan fingerprint density at radius 1 is 1.21 bits per heavy atom. The largest absolute Gasteiger partial charge is 0.458 e. The zero-order valence-electron chi connectivity index (χ0n) is 11.6. The molecule has 0 aromatic heterocycles. The second-order valence-electron chi connectivity index (χ2n) is 6.52. The van der Waals surface area contributed by atoms with Crippen molar-refractivity contribution in [3.63, 3.8) is 0 Å². The van der Waals surface area contributed by atoms with Gasteiger partial charge in [0.15, 0.2) is 0 Å². The topological polar surface area (TPSA) is 90.2 Å². The molecule has 19 heavy (non-hydrogen) atoms. The first-order valence-corrected chi connectivity index (χ1v) is 6.71. The van der Waals surface area contributed by atoms with E-state index in [9.17, 15) is 20.1 Å². The number of esters is 1. The highest BCUT2D eigenvalue weighted by atomic mass is 16.6. The van der Waals surface area contributed by atoms with Crippen molar-refractivity contribution >= 4 is 5.97 Å². The van der Waals surface area contributed by atoms with Crippen molar-refractivity contribution in [2.45, 2.75) is 57.6 Å². The van der Waals surface area contributed by atoms with Gasteiger partial charge in [-0.3, -0.25) is 9.69 Å². The van der Waals surface area contributed by atoms with Crippen molar-refractivity contribution in [3.8, 4) is 0 Å². The van der Waals surface area contributed by atoms with E-state index in [1.807, 2.05) is 4.90 Å². The van der Waals surface area contributed by atoms with Gasteiger partial charge in [-0.25, -0.2) is 0 Å². The van der Waals surface area contributed by atoms with E-state index < -0.39 is 41.8 Å². The summed E-state index contributed by atoms with van der Waals surface area (Å²) < 4.78 is 5.31. The second kappa shape index (κ2) is 5.01. The Balaban J connectivity index is 2.06. The molecule has 3 N–H and O–H groups in total. The zero-order chi connectivity index (χ0) is 14.4. The Bertz CT molecular complexity index is 353. The molecular weight excluding hydrogens is 250 g/mol. The molecule has 2 fully saturated rings. The Morgan fingerprint density at radius 2 is 1.84 bits per heavy atom. The van der Waals surface area contributed by atoms with E-state index in [1.165, 1.54) is 0 Å². The number of hydrogen-bond acceptors (Lipinski definition) is 6. The quantitative estimate of drug-likeness (QED) is 0.537. The molecule has 2 rings (SSSR count). The van der Waals surface area contributed by atoms with E-state index in [-0.39, 0.29) is 0 Å². The van der Waals surface area contributed by atoms with Crippen LogP contribution in [0.4, 0.5) is 0 Å². The first kappa shape index (κ1) is 14.7. The third kappa shape index (κ3) is 2.76. The monoisotopic (exact) mass is 273 g/mol. The van der Waals surface area contributed by atoms with Crippen LogP contribution >= 0.6 is 0 Å². The van der Waals surface area contributed by atoms with Crippen LogP contribution in [0.15, 0.2) is 0 Å². The minimum atomic E-state index is -1.15. The van der Waals surface area contributed by atoms with E-state index in [1.54, 1.807) is 20.8 Å². The molecular formula is C13H23NO5. The number of hydrogen-bond donors (Lipinski definition) is 3. The Kier molecular flexibility index (Phi) is 3.88. The molecule has 0 saturated carbocycles. The van der Waals surface area contributed by atoms with E-state index >= 15 is 0 Å². The number of aliphatic hydroxyl groups is 3. The minimum absolute atomic E-state index is 0.349. The lowest BCUT2D eigenvalue weighted by Gasteiger charge is -2.42. The molecule has 1 unspecified atom stereocenters. The molecule has 6 heteroatoms. The van der Waals surface area contributed by atoms with Crippen LogP contribution in [0.1, 0.15) is 27.2 Å². The Labute approximate surface area is 113 Å². The lowest BCUT2D eigenvalue weighted by molar-refractivity contribution is -0.186. The van der Waals surface area contributed by atoms with Gasteiger partial charge in [-0.15, -0.1) is 0 Å². The summed E-state index contributed by atoms with van der Waals surface area (Å²) >= 11 is 0. The van der Waals surface area contributed by atoms with Crippen LogP contribution in [0.3, 0.4) is 0 Å². The van der Waals surface area contributed by atoms with Crippen LogP contribution in [0.25, 0.3) is 0 Å². The maximum Gasteiger partial charge on any atom is 0.311 e. The summed E-state index contributed by atoms with van der Waals surface area (Å²) in [6.45, 7) is 6.21. The van der Waals surface area contributed by atoms with Gasteiger partial charge in [0.2, 0.25) is 0 Å². The number of piperidine rings is 1. The molecule has 5 atom stereocenters. The van der Waals surface area contributed by atoms with Gasteiger partial charge in [-0.2, -0.15) is 0 Å². The molecule has 6 nitrogen and oxygen atoms in total. The van der Waals surface area contributed by atoms with Crippen molar-refractivity contribution < 1.29 is 24.9 Å². The van der Waals surface area contributed by atoms with Crippen molar-refractivity contribution in [1.29, 1.82) is 0 Å². The van der Waals surface area contributed by atoms with Crippen LogP contribution in [0, 0.1) is 5.41 Å². The lowest BCUT2D eigenvalue weighted by Crippen LogP contribution is -2.62. The van der Waals surface area contributed by atoms with Crippen molar-refractivity contribution in [2.75, 3.05) is 13.1 Å². The molecule has 0 aliphatic carbocycles. The van der Waals surface area contributed by atoms with Gasteiger partial charge in [0.25, 0.3) is 0 Å². The van der Waals surface area contributed by atoms with Crippen LogP contribution in [0.5, 0.6) is 0 Å². The van der Waals surface area contributed by atoms with Crippen LogP contribution in [0.2, 0.25) is 0 Å². The van der Waals surface area contributed by atoms with Crippen molar-refractivity contribution in [2.24, 2.45) is 5.41 Å². The van der Waals surface area contributed by atoms with Gasteiger partial charge in [-0.1, -0.05) is 0 Å². The molecule has 0 bridgehead atoms. The highest BCUT2D eigenvalue weighted by Gasteiger charge is 2.49. The summed E-state index contributed by atoms with van der Waals surface area (Å²) in [5, 5.41) is 29.9. The third-order valence-electron chi connectivity index (χ3n) is 3.89. The number of aliphatic hydroxyl groups excluding tert-OH is 3. The Hall–Kier alpha value is -0.690. The summed E-state index contributed by atoms with van der Waals surface area (Å²) in [4.78, 5) is 13.7. The summed E-state index contributed by atoms with van der Waals surface area (Å²) in [5.74, 6) is -0.401. The standard InChI is InChI=1S/C13H23NO5/c1-13(2,3)12(18)19-8-6-14-5-4-7(15)9(14)11(17)10(8)16/h7-11,15-17H,4-6H2,1-3H3/t7-,8-,9?,10+,11+/m0/s1. The van der Waals surface area contributed by atoms with Crippen LogP contribution in [-0.2, 0) is 9.53 Å². The van der Waals surface area contributed by atoms with E-state index in [0.717, 1.165) is 0 Å². The number of fused-ring (bicyclic) bond motifs is 1. The summed E-state index contributed by atoms with van der Waals surface area (Å²) in [5.41, 5.74) is -0.647. The molecule has 0 spiro atoms. The molecule has 2 heterocycles. The molecule has 0 aromatic rings. The third-order valence-corrected chi connectivity index (χ3v) is 3.89. The summed E-state index contributed by atoms with van der Waals surface area (Å²) in [6.07, 6.45) is -3.06.